The molecule has 55 heavy (non-hydrogen) atoms. The van der Waals surface area contributed by atoms with Gasteiger partial charge in [-0.05, 0) is 97.1 Å². The molecule has 0 saturated carbocycles. The zero-order valence-electron chi connectivity index (χ0n) is 29.6. The van der Waals surface area contributed by atoms with Crippen LogP contribution in [0, 0.1) is 0 Å². The van der Waals surface area contributed by atoms with Gasteiger partial charge in [-0.2, -0.15) is 0 Å². The predicted octanol–water partition coefficient (Wildman–Crippen LogP) is 9.27. The summed E-state index contributed by atoms with van der Waals surface area (Å²) in [6.45, 7) is 2.51. The lowest BCUT2D eigenvalue weighted by atomic mass is 10.2. The molecular weight excluding hydrogens is 700 g/mol. The smallest absolute Gasteiger partial charge is 0.347 e. The number of hydrogen-bond acceptors (Lipinski definition) is 11. The van der Waals surface area contributed by atoms with Crippen LogP contribution in [0.2, 0.25) is 0 Å². The molecule has 0 heterocycles. The highest BCUT2D eigenvalue weighted by Crippen LogP contribution is 2.28. The normalized spacial score (nSPS) is 10.9. The molecule has 0 atom stereocenters. The minimum Gasteiger partial charge on any atom is -0.457 e. The molecule has 0 spiro atoms. The number of aliphatic imine (C=N–C) groups is 2. The van der Waals surface area contributed by atoms with Crippen molar-refractivity contribution < 1.29 is 42.9 Å². The van der Waals surface area contributed by atoms with Gasteiger partial charge in [0.25, 0.3) is 0 Å². The van der Waals surface area contributed by atoms with E-state index >= 15 is 0 Å². The first-order chi connectivity index (χ1) is 26.7. The fraction of sp³-hybridized carbons (Fsp3) is 0.0455. The third kappa shape index (κ3) is 10.2. The van der Waals surface area contributed by atoms with Crippen LogP contribution in [-0.2, 0) is 9.59 Å². The standard InChI is InChI=1S/C44H32N2O9/c1-29(47)51-41-17-9-5-13-37(41)43(49)54-39-15-7-3-11-31(39)27-45-33-19-23-35(24-20-33)53-36-25-21-34(22-26-36)46-28-32-12-4-8-16-40(32)55-44(50)38-14-6-10-18-42(38)52-30(2)48/h3-28H,1-2H3. The number of esters is 4. The molecular formula is C44H32N2O9. The zero-order chi connectivity index (χ0) is 38.6. The van der Waals surface area contributed by atoms with E-state index in [1.807, 2.05) is 0 Å². The molecule has 0 radical (unpaired) electrons. The van der Waals surface area contributed by atoms with E-state index in [1.165, 1.54) is 38.1 Å². The van der Waals surface area contributed by atoms with Crippen molar-refractivity contribution in [3.8, 4) is 34.5 Å². The molecule has 11 nitrogen and oxygen atoms in total. The molecule has 0 amide bonds. The second-order valence-corrected chi connectivity index (χ2v) is 11.6. The molecule has 0 aliphatic heterocycles. The van der Waals surface area contributed by atoms with Crippen molar-refractivity contribution in [2.45, 2.75) is 13.8 Å². The second kappa shape index (κ2) is 17.7. The zero-order valence-corrected chi connectivity index (χ0v) is 29.6. The van der Waals surface area contributed by atoms with Crippen LogP contribution in [-0.4, -0.2) is 36.3 Å². The SMILES string of the molecule is CC(=O)Oc1ccccc1C(=O)Oc1ccccc1C=Nc1ccc(Oc2ccc(N=Cc3ccccc3OC(=O)c3ccccc3OC(C)=O)cc2)cc1. The molecule has 0 bridgehead atoms. The summed E-state index contributed by atoms with van der Waals surface area (Å²) < 4.78 is 27.6. The van der Waals surface area contributed by atoms with Crippen LogP contribution >= 0.6 is 0 Å². The Labute approximate surface area is 316 Å². The van der Waals surface area contributed by atoms with Crippen molar-refractivity contribution in [2.24, 2.45) is 9.98 Å². The molecule has 272 valence electrons. The Morgan fingerprint density at radius 2 is 0.764 bits per heavy atom. The molecule has 0 N–H and O–H groups in total. The van der Waals surface area contributed by atoms with Gasteiger partial charge in [-0.15, -0.1) is 0 Å². The monoisotopic (exact) mass is 732 g/mol. The Morgan fingerprint density at radius 1 is 0.418 bits per heavy atom. The highest BCUT2D eigenvalue weighted by atomic mass is 16.6. The Kier molecular flexibility index (Phi) is 11.9. The summed E-state index contributed by atoms with van der Waals surface area (Å²) in [5.74, 6) is -0.484. The molecule has 11 heteroatoms. The lowest BCUT2D eigenvalue weighted by Gasteiger charge is -2.10. The summed E-state index contributed by atoms with van der Waals surface area (Å²) in [5.41, 5.74) is 2.64. The first-order valence-corrected chi connectivity index (χ1v) is 16.9. The van der Waals surface area contributed by atoms with Crippen LogP contribution in [0.5, 0.6) is 34.5 Å². The summed E-state index contributed by atoms with van der Waals surface area (Å²) in [6.07, 6.45) is 3.17. The number of carbonyl (C=O) groups is 4. The Morgan fingerprint density at radius 3 is 1.15 bits per heavy atom. The molecule has 6 aromatic rings. The van der Waals surface area contributed by atoms with Crippen molar-refractivity contribution >= 4 is 47.7 Å². The van der Waals surface area contributed by atoms with Crippen molar-refractivity contribution in [2.75, 3.05) is 0 Å². The minimum atomic E-state index is -0.676. The van der Waals surface area contributed by atoms with Gasteiger partial charge in [-0.25, -0.2) is 9.59 Å². The molecule has 0 unspecified atom stereocenters. The fourth-order valence-electron chi connectivity index (χ4n) is 5.05. The molecule has 0 aliphatic rings. The van der Waals surface area contributed by atoms with Crippen LogP contribution < -0.4 is 23.7 Å². The maximum atomic E-state index is 13.0. The Balaban J connectivity index is 1.06. The van der Waals surface area contributed by atoms with Crippen molar-refractivity contribution in [1.29, 1.82) is 0 Å². The third-order valence-electron chi connectivity index (χ3n) is 7.58. The van der Waals surface area contributed by atoms with E-state index in [4.69, 9.17) is 23.7 Å². The van der Waals surface area contributed by atoms with Gasteiger partial charge in [0.05, 0.1) is 11.4 Å². The fourth-order valence-corrected chi connectivity index (χ4v) is 5.05. The van der Waals surface area contributed by atoms with Crippen LogP contribution in [0.3, 0.4) is 0 Å². The highest BCUT2D eigenvalue weighted by Gasteiger charge is 2.18. The van der Waals surface area contributed by atoms with Gasteiger partial charge in [0.15, 0.2) is 0 Å². The van der Waals surface area contributed by atoms with E-state index in [0.717, 1.165) is 0 Å². The largest absolute Gasteiger partial charge is 0.457 e. The summed E-state index contributed by atoms with van der Waals surface area (Å²) in [5, 5.41) is 0. The third-order valence-corrected chi connectivity index (χ3v) is 7.58. The molecule has 0 aliphatic carbocycles. The van der Waals surface area contributed by atoms with Gasteiger partial charge in [-0.3, -0.25) is 19.6 Å². The summed E-state index contributed by atoms with van der Waals surface area (Å²) in [4.78, 5) is 57.9. The number of benzene rings is 6. The van der Waals surface area contributed by atoms with Gasteiger partial charge in [0, 0.05) is 37.4 Å². The average Bonchev–Trinajstić information content (AvgIpc) is 3.18. The van der Waals surface area contributed by atoms with Crippen molar-refractivity contribution in [3.05, 3.63) is 168 Å². The quantitative estimate of drug-likeness (QED) is 0.0684. The van der Waals surface area contributed by atoms with E-state index in [0.29, 0.717) is 34.0 Å². The number of nitrogens with zero attached hydrogens (tertiary/aromatic N) is 2. The van der Waals surface area contributed by atoms with Gasteiger partial charge >= 0.3 is 23.9 Å². The van der Waals surface area contributed by atoms with E-state index in [1.54, 1.807) is 134 Å². The van der Waals surface area contributed by atoms with E-state index in [2.05, 4.69) is 9.98 Å². The van der Waals surface area contributed by atoms with Gasteiger partial charge in [0.2, 0.25) is 0 Å². The topological polar surface area (TPSA) is 139 Å². The summed E-state index contributed by atoms with van der Waals surface area (Å²) in [6, 6.07) is 40.8. The number of para-hydroxylation sites is 4. The number of carbonyl (C=O) groups excluding carboxylic acids is 4. The summed E-state index contributed by atoms with van der Waals surface area (Å²) in [7, 11) is 0. The maximum Gasteiger partial charge on any atom is 0.347 e. The van der Waals surface area contributed by atoms with Crippen molar-refractivity contribution in [3.63, 3.8) is 0 Å². The molecule has 0 fully saturated rings. The predicted molar refractivity (Wildman–Crippen MR) is 206 cm³/mol. The number of ether oxygens (including phenoxy) is 5. The van der Waals surface area contributed by atoms with Crippen LogP contribution in [0.1, 0.15) is 45.7 Å². The molecule has 0 saturated heterocycles. The van der Waals surface area contributed by atoms with Gasteiger partial charge in [-0.1, -0.05) is 48.5 Å². The average molecular weight is 733 g/mol. The van der Waals surface area contributed by atoms with E-state index in [-0.39, 0.29) is 34.1 Å². The number of hydrogen-bond donors (Lipinski definition) is 0. The summed E-state index contributed by atoms with van der Waals surface area (Å²) >= 11 is 0. The molecule has 0 aromatic heterocycles. The lowest BCUT2D eigenvalue weighted by molar-refractivity contribution is -0.132. The minimum absolute atomic E-state index is 0.111. The van der Waals surface area contributed by atoms with Crippen LogP contribution in [0.4, 0.5) is 11.4 Å². The lowest BCUT2D eigenvalue weighted by Crippen LogP contribution is -2.13. The number of rotatable bonds is 12. The van der Waals surface area contributed by atoms with Crippen LogP contribution in [0.25, 0.3) is 0 Å². The first-order valence-electron chi connectivity index (χ1n) is 16.9. The Bertz CT molecular complexity index is 2230. The van der Waals surface area contributed by atoms with E-state index < -0.39 is 23.9 Å². The second-order valence-electron chi connectivity index (χ2n) is 11.6. The van der Waals surface area contributed by atoms with E-state index in [9.17, 15) is 19.2 Å². The Hall–Kier alpha value is -7.66. The molecule has 6 aromatic carbocycles. The van der Waals surface area contributed by atoms with Crippen molar-refractivity contribution in [1.82, 2.24) is 0 Å². The van der Waals surface area contributed by atoms with Crippen LogP contribution in [0.15, 0.2) is 156 Å². The maximum absolute atomic E-state index is 13.0. The van der Waals surface area contributed by atoms with Gasteiger partial charge < -0.3 is 23.7 Å². The highest BCUT2D eigenvalue weighted by molar-refractivity contribution is 5.97. The van der Waals surface area contributed by atoms with Gasteiger partial charge in [0.1, 0.15) is 45.6 Å². The first kappa shape index (κ1) is 37.1. The molecule has 6 rings (SSSR count).